The first-order valence-electron chi connectivity index (χ1n) is 10.8. The van der Waals surface area contributed by atoms with Gasteiger partial charge >= 0.3 is 6.36 Å². The van der Waals surface area contributed by atoms with Gasteiger partial charge in [-0.15, -0.1) is 13.2 Å². The molecule has 3 aromatic rings. The van der Waals surface area contributed by atoms with Crippen molar-refractivity contribution in [2.24, 2.45) is 0 Å². The van der Waals surface area contributed by atoms with E-state index >= 15 is 0 Å². The molecule has 0 atom stereocenters. The summed E-state index contributed by atoms with van der Waals surface area (Å²) in [7, 11) is 0. The Hall–Kier alpha value is -3.49. The van der Waals surface area contributed by atoms with Crippen LogP contribution in [0.2, 0.25) is 0 Å². The van der Waals surface area contributed by atoms with Crippen LogP contribution in [0.25, 0.3) is 0 Å². The van der Waals surface area contributed by atoms with Crippen LogP contribution in [-0.4, -0.2) is 33.8 Å². The predicted molar refractivity (Wildman–Crippen MR) is 114 cm³/mol. The van der Waals surface area contributed by atoms with E-state index in [9.17, 15) is 18.0 Å². The second-order valence-corrected chi connectivity index (χ2v) is 8.33. The summed E-state index contributed by atoms with van der Waals surface area (Å²) in [6, 6.07) is 6.72. The molecular formula is C24H21F3N4O2. The maximum Gasteiger partial charge on any atom is 0.573 e. The molecule has 2 aromatic heterocycles. The summed E-state index contributed by atoms with van der Waals surface area (Å²) >= 11 is 0. The Balaban J connectivity index is 1.26. The van der Waals surface area contributed by atoms with Gasteiger partial charge in [-0.3, -0.25) is 9.78 Å². The van der Waals surface area contributed by atoms with E-state index in [1.807, 2.05) is 12.1 Å². The average Bonchev–Trinajstić information content (AvgIpc) is 3.55. The van der Waals surface area contributed by atoms with Gasteiger partial charge in [0.25, 0.3) is 5.91 Å². The van der Waals surface area contributed by atoms with Gasteiger partial charge in [0.15, 0.2) is 0 Å². The Morgan fingerprint density at radius 1 is 1.09 bits per heavy atom. The number of hydrogen-bond donors (Lipinski definition) is 0. The fourth-order valence-corrected chi connectivity index (χ4v) is 4.11. The van der Waals surface area contributed by atoms with E-state index in [4.69, 9.17) is 0 Å². The van der Waals surface area contributed by atoms with Crippen molar-refractivity contribution in [3.63, 3.8) is 0 Å². The topological polar surface area (TPSA) is 68.2 Å². The van der Waals surface area contributed by atoms with Gasteiger partial charge in [0, 0.05) is 31.6 Å². The number of ether oxygens (including phenoxy) is 1. The van der Waals surface area contributed by atoms with Crippen LogP contribution in [0.3, 0.4) is 0 Å². The second kappa shape index (κ2) is 8.46. The van der Waals surface area contributed by atoms with E-state index in [0.717, 1.165) is 41.6 Å². The fourth-order valence-electron chi connectivity index (χ4n) is 4.11. The van der Waals surface area contributed by atoms with Crippen molar-refractivity contribution in [1.82, 2.24) is 15.0 Å². The van der Waals surface area contributed by atoms with Gasteiger partial charge in [0.1, 0.15) is 11.6 Å². The maximum atomic E-state index is 12.9. The predicted octanol–water partition coefficient (Wildman–Crippen LogP) is 4.64. The number of pyridine rings is 1. The summed E-state index contributed by atoms with van der Waals surface area (Å²) in [6.45, 7) is 0.585. The van der Waals surface area contributed by atoms with Crippen LogP contribution < -0.4 is 9.64 Å². The van der Waals surface area contributed by atoms with Crippen LogP contribution in [0.4, 0.5) is 18.9 Å². The molecule has 0 spiro atoms. The highest BCUT2D eigenvalue weighted by atomic mass is 19.4. The molecule has 0 bridgehead atoms. The number of carbonyl (C=O) groups is 1. The molecule has 1 aliphatic heterocycles. The van der Waals surface area contributed by atoms with Crippen LogP contribution >= 0.6 is 0 Å². The molecule has 33 heavy (non-hydrogen) atoms. The molecule has 170 valence electrons. The number of rotatable bonds is 6. The first kappa shape index (κ1) is 21.4. The molecule has 1 aromatic carbocycles. The minimum Gasteiger partial charge on any atom is -0.406 e. The molecule has 6 nitrogen and oxygen atoms in total. The molecule has 0 unspecified atom stereocenters. The third-order valence-electron chi connectivity index (χ3n) is 5.89. The van der Waals surface area contributed by atoms with Crippen LogP contribution in [0.1, 0.15) is 51.6 Å². The average molecular weight is 454 g/mol. The van der Waals surface area contributed by atoms with Gasteiger partial charge in [0.2, 0.25) is 0 Å². The minimum atomic E-state index is -4.73. The van der Waals surface area contributed by atoms with E-state index in [1.165, 1.54) is 24.5 Å². The molecular weight excluding hydrogens is 433 g/mol. The highest BCUT2D eigenvalue weighted by Gasteiger charge is 2.32. The number of aryl methyl sites for hydroxylation is 2. The summed E-state index contributed by atoms with van der Waals surface area (Å²) in [5.41, 5.74) is 3.88. The van der Waals surface area contributed by atoms with Gasteiger partial charge in [0.05, 0.1) is 17.4 Å². The Bertz CT molecular complexity index is 1180. The lowest BCUT2D eigenvalue weighted by Gasteiger charge is -2.16. The van der Waals surface area contributed by atoms with Crippen LogP contribution in [0, 0.1) is 0 Å². The summed E-state index contributed by atoms with van der Waals surface area (Å²) in [6.07, 6.45) is 5.30. The summed E-state index contributed by atoms with van der Waals surface area (Å²) in [5, 5.41) is 0. The quantitative estimate of drug-likeness (QED) is 0.543. The normalized spacial score (nSPS) is 15.4. The molecule has 1 fully saturated rings. The number of aromatic nitrogens is 3. The zero-order valence-corrected chi connectivity index (χ0v) is 17.7. The molecule has 5 rings (SSSR count). The van der Waals surface area contributed by atoms with Gasteiger partial charge < -0.3 is 9.64 Å². The van der Waals surface area contributed by atoms with E-state index in [0.29, 0.717) is 36.7 Å². The number of anilines is 1. The van der Waals surface area contributed by atoms with Crippen LogP contribution in [-0.2, 0) is 19.3 Å². The summed E-state index contributed by atoms with van der Waals surface area (Å²) in [4.78, 5) is 27.3. The molecule has 0 saturated heterocycles. The van der Waals surface area contributed by atoms with Gasteiger partial charge in [-0.2, -0.15) is 0 Å². The first-order chi connectivity index (χ1) is 15.9. The molecule has 9 heteroatoms. The maximum absolute atomic E-state index is 12.9. The zero-order chi connectivity index (χ0) is 23.0. The molecule has 1 saturated carbocycles. The fraction of sp³-hybridized carbons (Fsp3) is 0.333. The second-order valence-electron chi connectivity index (χ2n) is 8.33. The Morgan fingerprint density at radius 2 is 1.88 bits per heavy atom. The smallest absolute Gasteiger partial charge is 0.406 e. The van der Waals surface area contributed by atoms with Crippen molar-refractivity contribution < 1.29 is 22.7 Å². The minimum absolute atomic E-state index is 0.181. The highest BCUT2D eigenvalue weighted by Crippen LogP contribution is 2.42. The standard InChI is InChI=1S/C24H21F3N4O2/c25-24(26,27)33-20-10-15(9-18(11-20)16-2-3-16)1-4-22-29-12-19(13-30-22)23(32)31-8-6-17-5-7-28-14-21(17)31/h5,7,9-14,16H,1-4,6,8H2. The SMILES string of the molecule is O=C(c1cnc(CCc2cc(OC(F)(F)F)cc(C3CC3)c2)nc1)N1CCc2ccncc21. The van der Waals surface area contributed by atoms with Crippen molar-refractivity contribution in [2.75, 3.05) is 11.4 Å². The summed E-state index contributed by atoms with van der Waals surface area (Å²) < 4.78 is 42.2. The van der Waals surface area contributed by atoms with E-state index in [1.54, 1.807) is 17.3 Å². The Morgan fingerprint density at radius 3 is 2.61 bits per heavy atom. The number of carbonyl (C=O) groups excluding carboxylic acids is 1. The Kier molecular flexibility index (Phi) is 5.47. The van der Waals surface area contributed by atoms with Crippen molar-refractivity contribution in [1.29, 1.82) is 0 Å². The van der Waals surface area contributed by atoms with E-state index in [-0.39, 0.29) is 11.7 Å². The highest BCUT2D eigenvalue weighted by molar-refractivity contribution is 6.06. The lowest BCUT2D eigenvalue weighted by molar-refractivity contribution is -0.274. The Labute approximate surface area is 188 Å². The zero-order valence-electron chi connectivity index (χ0n) is 17.7. The van der Waals surface area contributed by atoms with Crippen molar-refractivity contribution in [3.8, 4) is 5.75 Å². The molecule has 3 heterocycles. The third-order valence-corrected chi connectivity index (χ3v) is 5.89. The van der Waals surface area contributed by atoms with Gasteiger partial charge in [-0.25, -0.2) is 9.97 Å². The van der Waals surface area contributed by atoms with Crippen molar-refractivity contribution in [2.45, 2.75) is 44.4 Å². The molecule has 0 N–H and O–H groups in total. The monoisotopic (exact) mass is 454 g/mol. The van der Waals surface area contributed by atoms with Crippen LogP contribution in [0.5, 0.6) is 5.75 Å². The van der Waals surface area contributed by atoms with Crippen molar-refractivity contribution in [3.05, 3.63) is 77.1 Å². The summed E-state index contributed by atoms with van der Waals surface area (Å²) in [5.74, 6) is 0.446. The number of hydrogen-bond acceptors (Lipinski definition) is 5. The van der Waals surface area contributed by atoms with Gasteiger partial charge in [-0.05, 0) is 66.5 Å². The molecule has 0 radical (unpaired) electrons. The van der Waals surface area contributed by atoms with Gasteiger partial charge in [-0.1, -0.05) is 6.07 Å². The number of alkyl halides is 3. The lowest BCUT2D eigenvalue weighted by Crippen LogP contribution is -2.29. The number of amides is 1. The van der Waals surface area contributed by atoms with E-state index < -0.39 is 6.36 Å². The molecule has 1 aliphatic carbocycles. The van der Waals surface area contributed by atoms with Crippen LogP contribution in [0.15, 0.2) is 49.1 Å². The number of halogens is 3. The number of nitrogens with zero attached hydrogens (tertiary/aromatic N) is 4. The van der Waals surface area contributed by atoms with Crippen molar-refractivity contribution >= 4 is 11.6 Å². The number of fused-ring (bicyclic) bond motifs is 1. The molecule has 2 aliphatic rings. The first-order valence-corrected chi connectivity index (χ1v) is 10.8. The lowest BCUT2D eigenvalue weighted by atomic mass is 10.0. The molecule has 1 amide bonds. The van der Waals surface area contributed by atoms with E-state index in [2.05, 4.69) is 19.7 Å². The third kappa shape index (κ3) is 4.97. The largest absolute Gasteiger partial charge is 0.573 e. The number of benzene rings is 1.